The van der Waals surface area contributed by atoms with Crippen LogP contribution in [0.1, 0.15) is 37.8 Å². The van der Waals surface area contributed by atoms with Crippen LogP contribution in [0.4, 0.5) is 45.3 Å². The van der Waals surface area contributed by atoms with Crippen LogP contribution >= 0.6 is 0 Å². The number of aromatic nitrogens is 1. The first-order chi connectivity index (χ1) is 18.0. The molecule has 2 heterocycles. The second-order valence-corrected chi connectivity index (χ2v) is 11.6. The zero-order valence-electron chi connectivity index (χ0n) is 20.5. The third-order valence-corrected chi connectivity index (χ3v) is 8.76. The number of rotatable bonds is 4. The van der Waals surface area contributed by atoms with E-state index in [-0.39, 0.29) is 25.2 Å². The molecule has 1 atom stereocenters. The van der Waals surface area contributed by atoms with E-state index in [0.717, 1.165) is 30.3 Å². The summed E-state index contributed by atoms with van der Waals surface area (Å²) in [5.74, 6) is -4.02. The van der Waals surface area contributed by atoms with Crippen LogP contribution in [-0.2, 0) is 31.8 Å². The molecule has 222 valence electrons. The lowest BCUT2D eigenvalue weighted by Crippen LogP contribution is -2.48. The first kappa shape index (κ1) is 32.8. The molecule has 2 aromatic rings. The summed E-state index contributed by atoms with van der Waals surface area (Å²) in [7, 11) is -4.26. The third-order valence-electron chi connectivity index (χ3n) is 6.16. The number of amides is 1. The summed E-state index contributed by atoms with van der Waals surface area (Å²) in [5, 5.41) is 7.12. The second-order valence-electron chi connectivity index (χ2n) is 9.07. The van der Waals surface area contributed by atoms with Gasteiger partial charge in [-0.15, -0.1) is 0 Å². The minimum atomic E-state index is -5.08. The Morgan fingerprint density at radius 3 is 1.93 bits per heavy atom. The maximum absolute atomic E-state index is 13.2. The topological polar surface area (TPSA) is 105 Å². The molecule has 0 spiro atoms. The van der Waals surface area contributed by atoms with Gasteiger partial charge in [0.05, 0.1) is 20.8 Å². The molecule has 1 aromatic carbocycles. The fourth-order valence-corrected chi connectivity index (χ4v) is 5.53. The Morgan fingerprint density at radius 1 is 0.950 bits per heavy atom. The Labute approximate surface area is 221 Å². The standard InChI is InChI=1S/C21H20F6N2O3S.C2HF3O2/c1-19(2,33(31,32)16-5-3-4-14(10-16)20(22,23)24)13-8-9-29(18(30)11-13)17-7-6-15(12-28-17)21(25,26)27;3-2(4,5)1(6)7/h3-7,10,12-13H,8-9,11H2,1-2H3;(H,6,7). The van der Waals surface area contributed by atoms with Gasteiger partial charge >= 0.3 is 24.5 Å². The highest BCUT2D eigenvalue weighted by atomic mass is 32.2. The van der Waals surface area contributed by atoms with Crippen LogP contribution in [0, 0.1) is 5.92 Å². The number of benzene rings is 1. The molecule has 1 aliphatic rings. The van der Waals surface area contributed by atoms with Crippen molar-refractivity contribution in [2.75, 3.05) is 11.4 Å². The van der Waals surface area contributed by atoms with Crippen molar-refractivity contribution in [2.45, 2.75) is 54.9 Å². The van der Waals surface area contributed by atoms with E-state index in [4.69, 9.17) is 9.90 Å². The van der Waals surface area contributed by atoms with Crippen LogP contribution < -0.4 is 4.90 Å². The lowest BCUT2D eigenvalue weighted by molar-refractivity contribution is -0.192. The first-order valence-electron chi connectivity index (χ1n) is 11.0. The zero-order valence-corrected chi connectivity index (χ0v) is 21.3. The van der Waals surface area contributed by atoms with E-state index in [9.17, 15) is 52.7 Å². The lowest BCUT2D eigenvalue weighted by atomic mass is 9.85. The number of carboxylic acid groups (broad SMARTS) is 1. The number of hydrogen-bond donors (Lipinski definition) is 1. The van der Waals surface area contributed by atoms with Gasteiger partial charge in [-0.25, -0.2) is 18.2 Å². The number of pyridine rings is 1. The number of sulfone groups is 1. The first-order valence-corrected chi connectivity index (χ1v) is 12.5. The van der Waals surface area contributed by atoms with Crippen LogP contribution in [-0.4, -0.2) is 47.9 Å². The van der Waals surface area contributed by atoms with Crippen LogP contribution in [0.3, 0.4) is 0 Å². The predicted molar refractivity (Wildman–Crippen MR) is 121 cm³/mol. The van der Waals surface area contributed by atoms with Gasteiger partial charge in [-0.05, 0) is 56.5 Å². The highest BCUT2D eigenvalue weighted by Gasteiger charge is 2.46. The quantitative estimate of drug-likeness (QED) is 0.444. The van der Waals surface area contributed by atoms with Gasteiger partial charge in [0.15, 0.2) is 9.84 Å². The van der Waals surface area contributed by atoms with Crippen molar-refractivity contribution in [2.24, 2.45) is 5.92 Å². The number of hydrogen-bond acceptors (Lipinski definition) is 5. The van der Waals surface area contributed by atoms with Gasteiger partial charge in [0.1, 0.15) is 5.82 Å². The monoisotopic (exact) mass is 608 g/mol. The van der Waals surface area contributed by atoms with E-state index in [1.165, 1.54) is 18.7 Å². The molecular formula is C23H21F9N2O5S. The van der Waals surface area contributed by atoms with Gasteiger partial charge in [0, 0.05) is 19.2 Å². The molecule has 1 amide bonds. The smallest absolute Gasteiger partial charge is 0.475 e. The molecule has 0 radical (unpaired) electrons. The summed E-state index contributed by atoms with van der Waals surface area (Å²) in [4.78, 5) is 26.0. The van der Waals surface area contributed by atoms with Crippen LogP contribution in [0.5, 0.6) is 0 Å². The SMILES string of the molecule is CC(C)(C1CCN(c2ccc(C(F)(F)F)cn2)C(=O)C1)S(=O)(=O)c1cccc(C(F)(F)F)c1.O=C(O)C(F)(F)F. The van der Waals surface area contributed by atoms with Gasteiger partial charge in [0.25, 0.3) is 0 Å². The molecule has 7 nitrogen and oxygen atoms in total. The molecule has 1 unspecified atom stereocenters. The molecule has 17 heteroatoms. The molecule has 1 aromatic heterocycles. The van der Waals surface area contributed by atoms with Crippen molar-refractivity contribution in [3.05, 3.63) is 53.7 Å². The third kappa shape index (κ3) is 7.42. The lowest BCUT2D eigenvalue weighted by Gasteiger charge is -2.39. The molecule has 3 rings (SSSR count). The average Bonchev–Trinajstić information content (AvgIpc) is 2.82. The minimum absolute atomic E-state index is 0.00338. The van der Waals surface area contributed by atoms with Crippen molar-refractivity contribution in [3.63, 3.8) is 0 Å². The maximum Gasteiger partial charge on any atom is 0.490 e. The summed E-state index contributed by atoms with van der Waals surface area (Å²) in [6.45, 7) is 2.71. The second kappa shape index (κ2) is 11.2. The van der Waals surface area contributed by atoms with Gasteiger partial charge < -0.3 is 5.11 Å². The number of carbonyl (C=O) groups excluding carboxylic acids is 1. The number of nitrogens with zero attached hydrogens (tertiary/aromatic N) is 2. The maximum atomic E-state index is 13.2. The van der Waals surface area contributed by atoms with E-state index in [0.29, 0.717) is 12.3 Å². The number of carboxylic acids is 1. The highest BCUT2D eigenvalue weighted by molar-refractivity contribution is 7.92. The van der Waals surface area contributed by atoms with Gasteiger partial charge in [0.2, 0.25) is 5.91 Å². The largest absolute Gasteiger partial charge is 0.490 e. The van der Waals surface area contributed by atoms with Gasteiger partial charge in [-0.3, -0.25) is 9.69 Å². The molecule has 1 fully saturated rings. The van der Waals surface area contributed by atoms with Crippen molar-refractivity contribution >= 4 is 27.5 Å². The number of aliphatic carboxylic acids is 1. The predicted octanol–water partition coefficient (Wildman–Crippen LogP) is 5.75. The Morgan fingerprint density at radius 2 is 1.50 bits per heavy atom. The fourth-order valence-electron chi connectivity index (χ4n) is 3.74. The van der Waals surface area contributed by atoms with Crippen LogP contribution in [0.2, 0.25) is 0 Å². The fraction of sp³-hybridized carbons (Fsp3) is 0.435. The molecule has 1 N–H and O–H groups in total. The number of anilines is 1. The summed E-state index contributed by atoms with van der Waals surface area (Å²) in [6.07, 6.45) is -13.9. The summed E-state index contributed by atoms with van der Waals surface area (Å²) < 4.78 is 134. The van der Waals surface area contributed by atoms with Gasteiger partial charge in [-0.1, -0.05) is 6.07 Å². The number of piperidine rings is 1. The van der Waals surface area contributed by atoms with E-state index in [1.54, 1.807) is 0 Å². The summed E-state index contributed by atoms with van der Waals surface area (Å²) in [6, 6.07) is 5.28. The number of carbonyl (C=O) groups is 2. The highest BCUT2D eigenvalue weighted by Crippen LogP contribution is 2.40. The van der Waals surface area contributed by atoms with Crippen molar-refractivity contribution in [3.8, 4) is 0 Å². The van der Waals surface area contributed by atoms with Gasteiger partial charge in [-0.2, -0.15) is 39.5 Å². The Kier molecular flexibility index (Phi) is 9.24. The molecule has 1 aliphatic heterocycles. The van der Waals surface area contributed by atoms with E-state index < -0.39 is 66.9 Å². The average molecular weight is 608 g/mol. The van der Waals surface area contributed by atoms with E-state index >= 15 is 0 Å². The molecule has 1 saturated heterocycles. The number of alkyl halides is 9. The normalized spacial score (nSPS) is 17.2. The van der Waals surface area contributed by atoms with Crippen molar-refractivity contribution in [1.82, 2.24) is 4.98 Å². The zero-order chi connectivity index (χ0) is 30.9. The molecule has 0 saturated carbocycles. The Balaban J connectivity index is 0.000000708. The Hall–Kier alpha value is -3.37. The summed E-state index contributed by atoms with van der Waals surface area (Å²) >= 11 is 0. The Bertz CT molecular complexity index is 1340. The van der Waals surface area contributed by atoms with Crippen molar-refractivity contribution < 1.29 is 62.6 Å². The molecular weight excluding hydrogens is 587 g/mol. The molecule has 0 aliphatic carbocycles. The molecule has 0 bridgehead atoms. The summed E-state index contributed by atoms with van der Waals surface area (Å²) in [5.41, 5.74) is -2.07. The van der Waals surface area contributed by atoms with Crippen molar-refractivity contribution in [1.29, 1.82) is 0 Å². The van der Waals surface area contributed by atoms with Crippen LogP contribution in [0.25, 0.3) is 0 Å². The van der Waals surface area contributed by atoms with Crippen LogP contribution in [0.15, 0.2) is 47.5 Å². The number of halogens is 9. The van der Waals surface area contributed by atoms with E-state index in [1.807, 2.05) is 0 Å². The minimum Gasteiger partial charge on any atom is -0.475 e. The van der Waals surface area contributed by atoms with E-state index in [2.05, 4.69) is 4.98 Å². The molecule has 40 heavy (non-hydrogen) atoms.